The SMILES string of the molecule is CC(=O)NC1[C@@H]2C[C@H]1CN(c1nnc(Br)s1)C2. The van der Waals surface area contributed by atoms with Crippen molar-refractivity contribution in [3.05, 3.63) is 3.92 Å². The van der Waals surface area contributed by atoms with Crippen molar-refractivity contribution in [2.45, 2.75) is 19.4 Å². The molecule has 1 amide bonds. The molecule has 3 heterocycles. The summed E-state index contributed by atoms with van der Waals surface area (Å²) in [5, 5.41) is 12.1. The monoisotopic (exact) mass is 316 g/mol. The van der Waals surface area contributed by atoms with Crippen LogP contribution in [0.15, 0.2) is 3.92 Å². The van der Waals surface area contributed by atoms with E-state index in [2.05, 4.69) is 36.3 Å². The van der Waals surface area contributed by atoms with Gasteiger partial charge >= 0.3 is 0 Å². The summed E-state index contributed by atoms with van der Waals surface area (Å²) in [5.41, 5.74) is 0. The number of nitrogens with zero attached hydrogens (tertiary/aromatic N) is 3. The van der Waals surface area contributed by atoms with Gasteiger partial charge in [0.25, 0.3) is 0 Å². The second kappa shape index (κ2) is 4.20. The lowest BCUT2D eigenvalue weighted by atomic mass is 9.66. The van der Waals surface area contributed by atoms with Crippen molar-refractivity contribution in [3.8, 4) is 0 Å². The number of amides is 1. The number of anilines is 1. The first-order chi connectivity index (χ1) is 8.13. The van der Waals surface area contributed by atoms with E-state index >= 15 is 0 Å². The molecule has 4 rings (SSSR count). The molecule has 3 atom stereocenters. The van der Waals surface area contributed by atoms with E-state index in [0.717, 1.165) is 22.1 Å². The highest BCUT2D eigenvalue weighted by molar-refractivity contribution is 9.11. The molecule has 1 aromatic rings. The zero-order valence-corrected chi connectivity index (χ0v) is 11.8. The van der Waals surface area contributed by atoms with E-state index in [0.29, 0.717) is 17.9 Å². The van der Waals surface area contributed by atoms with Crippen molar-refractivity contribution >= 4 is 38.3 Å². The maximum absolute atomic E-state index is 11.1. The Labute approximate surface area is 112 Å². The Bertz CT molecular complexity index is 439. The van der Waals surface area contributed by atoms with Crippen LogP contribution in [0.1, 0.15) is 13.3 Å². The lowest BCUT2D eigenvalue weighted by Gasteiger charge is -2.53. The molecule has 17 heavy (non-hydrogen) atoms. The minimum Gasteiger partial charge on any atom is -0.353 e. The molecule has 92 valence electrons. The van der Waals surface area contributed by atoms with E-state index in [1.807, 2.05) is 0 Å². The fraction of sp³-hybridized carbons (Fsp3) is 0.700. The van der Waals surface area contributed by atoms with Gasteiger partial charge in [-0.15, -0.1) is 10.2 Å². The number of halogens is 1. The van der Waals surface area contributed by atoms with E-state index < -0.39 is 0 Å². The molecule has 0 spiro atoms. The van der Waals surface area contributed by atoms with Crippen molar-refractivity contribution in [1.82, 2.24) is 15.5 Å². The van der Waals surface area contributed by atoms with Crippen LogP contribution in [0.2, 0.25) is 0 Å². The third-order valence-electron chi connectivity index (χ3n) is 3.56. The predicted octanol–water partition coefficient (Wildman–Crippen LogP) is 1.26. The maximum Gasteiger partial charge on any atom is 0.217 e. The molecule has 7 heteroatoms. The molecule has 3 aliphatic rings. The molecular weight excluding hydrogens is 304 g/mol. The largest absolute Gasteiger partial charge is 0.353 e. The van der Waals surface area contributed by atoms with Gasteiger partial charge in [-0.1, -0.05) is 11.3 Å². The third kappa shape index (κ3) is 2.06. The van der Waals surface area contributed by atoms with Gasteiger partial charge in [-0.2, -0.15) is 0 Å². The van der Waals surface area contributed by atoms with Crippen LogP contribution in [-0.4, -0.2) is 35.2 Å². The summed E-state index contributed by atoms with van der Waals surface area (Å²) in [7, 11) is 0. The number of hydrogen-bond donors (Lipinski definition) is 1. The van der Waals surface area contributed by atoms with Gasteiger partial charge in [-0.05, 0) is 34.2 Å². The van der Waals surface area contributed by atoms with Crippen LogP contribution in [-0.2, 0) is 4.79 Å². The van der Waals surface area contributed by atoms with Crippen LogP contribution in [0.3, 0.4) is 0 Å². The molecule has 1 unspecified atom stereocenters. The second-order valence-electron chi connectivity index (χ2n) is 4.72. The average molecular weight is 317 g/mol. The Hall–Kier alpha value is -0.690. The van der Waals surface area contributed by atoms with Gasteiger partial charge in [0, 0.05) is 26.1 Å². The number of rotatable bonds is 2. The van der Waals surface area contributed by atoms with Gasteiger partial charge in [-0.3, -0.25) is 4.79 Å². The van der Waals surface area contributed by atoms with Gasteiger partial charge in [0.2, 0.25) is 11.0 Å². The molecule has 2 saturated heterocycles. The molecule has 2 bridgehead atoms. The van der Waals surface area contributed by atoms with Gasteiger partial charge in [-0.25, -0.2) is 0 Å². The second-order valence-corrected chi connectivity index (χ2v) is 6.96. The first-order valence-electron chi connectivity index (χ1n) is 5.64. The zero-order chi connectivity index (χ0) is 12.0. The summed E-state index contributed by atoms with van der Waals surface area (Å²) < 4.78 is 0.824. The van der Waals surface area contributed by atoms with Gasteiger partial charge < -0.3 is 10.2 Å². The van der Waals surface area contributed by atoms with Crippen molar-refractivity contribution in [3.63, 3.8) is 0 Å². The van der Waals surface area contributed by atoms with Crippen LogP contribution in [0, 0.1) is 11.8 Å². The van der Waals surface area contributed by atoms with E-state index in [1.54, 1.807) is 18.3 Å². The van der Waals surface area contributed by atoms with Gasteiger partial charge in [0.05, 0.1) is 0 Å². The molecule has 1 N–H and O–H groups in total. The first kappa shape index (κ1) is 11.4. The summed E-state index contributed by atoms with van der Waals surface area (Å²) in [6.07, 6.45) is 1.22. The average Bonchev–Trinajstić information content (AvgIpc) is 2.73. The van der Waals surface area contributed by atoms with E-state index in [4.69, 9.17) is 0 Å². The van der Waals surface area contributed by atoms with Crippen LogP contribution in [0.4, 0.5) is 5.13 Å². The van der Waals surface area contributed by atoms with Crippen molar-refractivity contribution in [2.75, 3.05) is 18.0 Å². The van der Waals surface area contributed by atoms with Crippen LogP contribution in [0.5, 0.6) is 0 Å². The lowest BCUT2D eigenvalue weighted by Crippen LogP contribution is -2.64. The number of hydrogen-bond acceptors (Lipinski definition) is 5. The Balaban J connectivity index is 1.66. The summed E-state index contributed by atoms with van der Waals surface area (Å²) in [5.74, 6) is 1.22. The number of nitrogens with one attached hydrogen (secondary N) is 1. The third-order valence-corrected chi connectivity index (χ3v) is 4.98. The first-order valence-corrected chi connectivity index (χ1v) is 7.25. The van der Waals surface area contributed by atoms with Crippen LogP contribution in [0.25, 0.3) is 0 Å². The number of aromatic nitrogens is 2. The standard InChI is InChI=1S/C10H13BrN4OS/c1-5(16)12-8-6-2-7(8)4-15(3-6)10-14-13-9(11)17-10/h6-8H,2-4H2,1H3,(H,12,16)/t6-,7+,8?. The number of carbonyl (C=O) groups excluding carboxylic acids is 1. The summed E-state index contributed by atoms with van der Waals surface area (Å²) in [6.45, 7) is 3.54. The molecular formula is C10H13BrN4OS. The Morgan fingerprint density at radius 2 is 2.18 bits per heavy atom. The highest BCUT2D eigenvalue weighted by atomic mass is 79.9. The lowest BCUT2D eigenvalue weighted by molar-refractivity contribution is -0.122. The number of fused-ring (bicyclic) bond motifs is 2. The van der Waals surface area contributed by atoms with E-state index in [9.17, 15) is 4.79 Å². The topological polar surface area (TPSA) is 58.1 Å². The van der Waals surface area contributed by atoms with E-state index in [-0.39, 0.29) is 5.91 Å². The molecule has 3 fully saturated rings. The predicted molar refractivity (Wildman–Crippen MR) is 69.0 cm³/mol. The molecule has 0 aromatic carbocycles. The zero-order valence-electron chi connectivity index (χ0n) is 9.39. The van der Waals surface area contributed by atoms with Crippen LogP contribution >= 0.6 is 27.3 Å². The smallest absolute Gasteiger partial charge is 0.217 e. The number of piperidine rings is 2. The Kier molecular flexibility index (Phi) is 2.82. The van der Waals surface area contributed by atoms with Crippen molar-refractivity contribution < 1.29 is 4.79 Å². The Morgan fingerprint density at radius 1 is 1.47 bits per heavy atom. The quantitative estimate of drug-likeness (QED) is 0.892. The fourth-order valence-corrected chi connectivity index (χ4v) is 3.95. The van der Waals surface area contributed by atoms with Gasteiger partial charge in [0.1, 0.15) is 0 Å². The Morgan fingerprint density at radius 3 is 2.71 bits per heavy atom. The van der Waals surface area contributed by atoms with E-state index in [1.165, 1.54) is 6.42 Å². The van der Waals surface area contributed by atoms with Crippen LogP contribution < -0.4 is 10.2 Å². The molecule has 1 aliphatic carbocycles. The summed E-state index contributed by atoms with van der Waals surface area (Å²) >= 11 is 4.90. The summed E-state index contributed by atoms with van der Waals surface area (Å²) in [4.78, 5) is 13.4. The molecule has 1 saturated carbocycles. The highest BCUT2D eigenvalue weighted by Gasteiger charge is 2.47. The summed E-state index contributed by atoms with van der Waals surface area (Å²) in [6, 6.07) is 0.375. The molecule has 0 radical (unpaired) electrons. The highest BCUT2D eigenvalue weighted by Crippen LogP contribution is 2.42. The molecule has 1 aromatic heterocycles. The minimum atomic E-state index is 0.0804. The van der Waals surface area contributed by atoms with Gasteiger partial charge in [0.15, 0.2) is 3.92 Å². The molecule has 5 nitrogen and oxygen atoms in total. The van der Waals surface area contributed by atoms with Crippen molar-refractivity contribution in [1.29, 1.82) is 0 Å². The van der Waals surface area contributed by atoms with Crippen molar-refractivity contribution in [2.24, 2.45) is 11.8 Å². The maximum atomic E-state index is 11.1. The normalized spacial score (nSPS) is 30.9. The number of carbonyl (C=O) groups is 1. The molecule has 2 aliphatic heterocycles. The minimum absolute atomic E-state index is 0.0804. The fourth-order valence-electron chi connectivity index (χ4n) is 2.84.